The third-order valence-electron chi connectivity index (χ3n) is 3.13. The van der Waals surface area contributed by atoms with Crippen LogP contribution < -0.4 is 11.1 Å². The number of rotatable bonds is 6. The molecule has 0 unspecified atom stereocenters. The molecule has 1 amide bonds. The number of hydrogen-bond donors (Lipinski definition) is 2. The first-order valence-electron chi connectivity index (χ1n) is 6.95. The molecule has 3 heteroatoms. The van der Waals surface area contributed by atoms with Crippen LogP contribution in [-0.2, 0) is 4.79 Å². The summed E-state index contributed by atoms with van der Waals surface area (Å²) < 4.78 is 0. The molecule has 20 heavy (non-hydrogen) atoms. The lowest BCUT2D eigenvalue weighted by molar-refractivity contribution is -0.116. The van der Waals surface area contributed by atoms with Gasteiger partial charge in [-0.05, 0) is 42.6 Å². The first-order valence-corrected chi connectivity index (χ1v) is 6.95. The summed E-state index contributed by atoms with van der Waals surface area (Å²) in [4.78, 5) is 11.7. The maximum absolute atomic E-state index is 11.7. The van der Waals surface area contributed by atoms with Gasteiger partial charge in [0.2, 0.25) is 5.91 Å². The van der Waals surface area contributed by atoms with Crippen LogP contribution in [0.3, 0.4) is 0 Å². The number of carbonyl (C=O) groups is 1. The van der Waals surface area contributed by atoms with E-state index in [1.807, 2.05) is 42.5 Å². The molecule has 2 aromatic carbocycles. The van der Waals surface area contributed by atoms with Gasteiger partial charge in [-0.1, -0.05) is 42.5 Å². The number of anilines is 1. The highest BCUT2D eigenvalue weighted by atomic mass is 16.1. The molecule has 0 fully saturated rings. The maximum Gasteiger partial charge on any atom is 0.224 e. The van der Waals surface area contributed by atoms with Crippen LogP contribution in [-0.4, -0.2) is 12.5 Å². The van der Waals surface area contributed by atoms with Crippen LogP contribution in [0.4, 0.5) is 5.69 Å². The van der Waals surface area contributed by atoms with Crippen LogP contribution in [0.1, 0.15) is 19.3 Å². The summed E-state index contributed by atoms with van der Waals surface area (Å²) in [6, 6.07) is 18.1. The number of benzene rings is 2. The Bertz CT molecular complexity index is 535. The Labute approximate surface area is 119 Å². The summed E-state index contributed by atoms with van der Waals surface area (Å²) >= 11 is 0. The lowest BCUT2D eigenvalue weighted by atomic mass is 10.1. The predicted molar refractivity (Wildman–Crippen MR) is 83.4 cm³/mol. The molecule has 104 valence electrons. The molecule has 0 aliphatic heterocycles. The summed E-state index contributed by atoms with van der Waals surface area (Å²) in [5.74, 6) is 0.0471. The maximum atomic E-state index is 11.7. The zero-order valence-corrected chi connectivity index (χ0v) is 11.5. The Balaban J connectivity index is 1.93. The average Bonchev–Trinajstić information content (AvgIpc) is 2.49. The van der Waals surface area contributed by atoms with Gasteiger partial charge in [0.25, 0.3) is 0 Å². The molecule has 0 spiro atoms. The Hall–Kier alpha value is -2.13. The lowest BCUT2D eigenvalue weighted by Crippen LogP contribution is -2.11. The second-order valence-corrected chi connectivity index (χ2v) is 4.74. The summed E-state index contributed by atoms with van der Waals surface area (Å²) in [7, 11) is 0. The SMILES string of the molecule is NCCCCC(=O)Nc1ccc(-c2ccccc2)cc1. The van der Waals surface area contributed by atoms with Crippen molar-refractivity contribution >= 4 is 11.6 Å². The first kappa shape index (κ1) is 14.3. The molecule has 0 aliphatic rings. The highest BCUT2D eigenvalue weighted by Gasteiger charge is 2.02. The van der Waals surface area contributed by atoms with E-state index in [2.05, 4.69) is 17.4 Å². The van der Waals surface area contributed by atoms with Gasteiger partial charge in [-0.2, -0.15) is 0 Å². The van der Waals surface area contributed by atoms with Gasteiger partial charge in [-0.15, -0.1) is 0 Å². The molecule has 0 aromatic heterocycles. The van der Waals surface area contributed by atoms with Crippen LogP contribution >= 0.6 is 0 Å². The molecule has 0 saturated carbocycles. The van der Waals surface area contributed by atoms with Gasteiger partial charge in [0.15, 0.2) is 0 Å². The van der Waals surface area contributed by atoms with E-state index in [1.54, 1.807) is 0 Å². The van der Waals surface area contributed by atoms with Crippen LogP contribution in [0.5, 0.6) is 0 Å². The van der Waals surface area contributed by atoms with E-state index in [-0.39, 0.29) is 5.91 Å². The molecule has 2 aromatic rings. The molecule has 0 heterocycles. The zero-order valence-electron chi connectivity index (χ0n) is 11.5. The van der Waals surface area contributed by atoms with Crippen molar-refractivity contribution in [2.45, 2.75) is 19.3 Å². The average molecular weight is 268 g/mol. The highest BCUT2D eigenvalue weighted by molar-refractivity contribution is 5.90. The minimum Gasteiger partial charge on any atom is -0.330 e. The van der Waals surface area contributed by atoms with Crippen molar-refractivity contribution in [3.05, 3.63) is 54.6 Å². The fraction of sp³-hybridized carbons (Fsp3) is 0.235. The standard InChI is InChI=1S/C17H20N2O/c18-13-5-4-8-17(20)19-16-11-9-15(10-12-16)14-6-2-1-3-7-14/h1-3,6-7,9-12H,4-5,8,13,18H2,(H,19,20). The molecular formula is C17H20N2O. The smallest absolute Gasteiger partial charge is 0.224 e. The Morgan fingerprint density at radius 3 is 2.20 bits per heavy atom. The normalized spacial score (nSPS) is 10.2. The molecule has 0 bridgehead atoms. The first-order chi connectivity index (χ1) is 9.79. The van der Waals surface area contributed by atoms with Gasteiger partial charge in [0.05, 0.1) is 0 Å². The minimum absolute atomic E-state index is 0.0471. The van der Waals surface area contributed by atoms with Crippen LogP contribution in [0.2, 0.25) is 0 Å². The van der Waals surface area contributed by atoms with Crippen molar-refractivity contribution in [3.8, 4) is 11.1 Å². The van der Waals surface area contributed by atoms with E-state index in [4.69, 9.17) is 5.73 Å². The Morgan fingerprint density at radius 2 is 1.55 bits per heavy atom. The fourth-order valence-electron chi connectivity index (χ4n) is 2.03. The third-order valence-corrected chi connectivity index (χ3v) is 3.13. The number of amides is 1. The summed E-state index contributed by atoms with van der Waals surface area (Å²) in [6.07, 6.45) is 2.25. The predicted octanol–water partition coefficient (Wildman–Crippen LogP) is 3.42. The van der Waals surface area contributed by atoms with E-state index >= 15 is 0 Å². The lowest BCUT2D eigenvalue weighted by Gasteiger charge is -2.06. The number of hydrogen-bond acceptors (Lipinski definition) is 2. The second kappa shape index (κ2) is 7.46. The Morgan fingerprint density at radius 1 is 0.900 bits per heavy atom. The molecule has 3 nitrogen and oxygen atoms in total. The van der Waals surface area contributed by atoms with E-state index in [1.165, 1.54) is 5.56 Å². The number of unbranched alkanes of at least 4 members (excludes halogenated alkanes) is 1. The molecule has 0 saturated heterocycles. The minimum atomic E-state index is 0.0471. The summed E-state index contributed by atoms with van der Waals surface area (Å²) in [6.45, 7) is 0.638. The monoisotopic (exact) mass is 268 g/mol. The molecular weight excluding hydrogens is 248 g/mol. The van der Waals surface area contributed by atoms with E-state index < -0.39 is 0 Å². The van der Waals surface area contributed by atoms with Crippen LogP contribution in [0.25, 0.3) is 11.1 Å². The van der Waals surface area contributed by atoms with Crippen LogP contribution in [0, 0.1) is 0 Å². The Kier molecular flexibility index (Phi) is 5.33. The number of nitrogens with one attached hydrogen (secondary N) is 1. The van der Waals surface area contributed by atoms with Gasteiger partial charge in [0, 0.05) is 12.1 Å². The third kappa shape index (κ3) is 4.21. The molecule has 0 aliphatic carbocycles. The van der Waals surface area contributed by atoms with Crippen molar-refractivity contribution in [2.24, 2.45) is 5.73 Å². The van der Waals surface area contributed by atoms with Gasteiger partial charge in [0.1, 0.15) is 0 Å². The van der Waals surface area contributed by atoms with Crippen molar-refractivity contribution in [1.82, 2.24) is 0 Å². The van der Waals surface area contributed by atoms with Crippen molar-refractivity contribution in [2.75, 3.05) is 11.9 Å². The quantitative estimate of drug-likeness (QED) is 0.789. The molecule has 2 rings (SSSR count). The van der Waals surface area contributed by atoms with E-state index in [0.29, 0.717) is 13.0 Å². The van der Waals surface area contributed by atoms with Gasteiger partial charge in [-0.25, -0.2) is 0 Å². The summed E-state index contributed by atoms with van der Waals surface area (Å²) in [5.41, 5.74) is 8.56. The van der Waals surface area contributed by atoms with E-state index in [0.717, 1.165) is 24.1 Å². The summed E-state index contributed by atoms with van der Waals surface area (Å²) in [5, 5.41) is 2.90. The van der Waals surface area contributed by atoms with Gasteiger partial charge < -0.3 is 11.1 Å². The molecule has 3 N–H and O–H groups in total. The van der Waals surface area contributed by atoms with Gasteiger partial charge in [-0.3, -0.25) is 4.79 Å². The van der Waals surface area contributed by atoms with Crippen molar-refractivity contribution in [3.63, 3.8) is 0 Å². The van der Waals surface area contributed by atoms with Crippen molar-refractivity contribution in [1.29, 1.82) is 0 Å². The topological polar surface area (TPSA) is 55.1 Å². The van der Waals surface area contributed by atoms with Crippen molar-refractivity contribution < 1.29 is 4.79 Å². The zero-order chi connectivity index (χ0) is 14.2. The fourth-order valence-corrected chi connectivity index (χ4v) is 2.03. The van der Waals surface area contributed by atoms with E-state index in [9.17, 15) is 4.79 Å². The molecule has 0 radical (unpaired) electrons. The highest BCUT2D eigenvalue weighted by Crippen LogP contribution is 2.21. The van der Waals surface area contributed by atoms with Crippen LogP contribution in [0.15, 0.2) is 54.6 Å². The van der Waals surface area contributed by atoms with Gasteiger partial charge >= 0.3 is 0 Å². The second-order valence-electron chi connectivity index (χ2n) is 4.74. The largest absolute Gasteiger partial charge is 0.330 e. The molecule has 0 atom stereocenters. The number of nitrogens with two attached hydrogens (primary N) is 1. The number of carbonyl (C=O) groups excluding carboxylic acids is 1.